The molecule has 6 heteroatoms. The van der Waals surface area contributed by atoms with Gasteiger partial charge in [-0.25, -0.2) is 9.59 Å². The highest BCUT2D eigenvalue weighted by Crippen LogP contribution is 2.40. The molecule has 0 N–H and O–H groups in total. The van der Waals surface area contributed by atoms with Crippen molar-refractivity contribution in [1.29, 1.82) is 0 Å². The van der Waals surface area contributed by atoms with Crippen LogP contribution in [-0.4, -0.2) is 36.2 Å². The summed E-state index contributed by atoms with van der Waals surface area (Å²) < 4.78 is 12.2. The summed E-state index contributed by atoms with van der Waals surface area (Å²) in [6, 6.07) is 17.1. The van der Waals surface area contributed by atoms with Gasteiger partial charge in [0.25, 0.3) is 0 Å². The summed E-state index contributed by atoms with van der Waals surface area (Å²) in [5.74, 6) is 0.484. The Bertz CT molecular complexity index is 825. The number of fused-ring (bicyclic) bond motifs is 1. The second-order valence-corrected chi connectivity index (χ2v) is 8.72. The number of nitrogens with zero attached hydrogens (tertiary/aromatic N) is 1. The number of benzene rings is 2. The molecule has 28 heavy (non-hydrogen) atoms. The van der Waals surface area contributed by atoms with Gasteiger partial charge in [-0.3, -0.25) is 0 Å². The van der Waals surface area contributed by atoms with E-state index in [-0.39, 0.29) is 18.2 Å². The number of carbonyl (C=O) groups excluding carboxylic acids is 2. The quantitative estimate of drug-likeness (QED) is 0.467. The van der Waals surface area contributed by atoms with Crippen molar-refractivity contribution >= 4 is 34.7 Å². The molecule has 1 aliphatic heterocycles. The first-order valence-electron chi connectivity index (χ1n) is 9.50. The lowest BCUT2D eigenvalue weighted by molar-refractivity contribution is 0.0287. The maximum atomic E-state index is 12.3. The standard InChI is InChI=1S/C22H22INO4/c23-19-8-6-16(7-9-19)21(25)28-20-10-17-12-24(13-18(17)11-20)22(26)27-14-15-4-2-1-3-5-15/h1-9,17-18,20H,10-14H2/t17-,18+,20?. The predicted octanol–water partition coefficient (Wildman–Crippen LogP) is 4.50. The molecule has 1 saturated carbocycles. The Labute approximate surface area is 178 Å². The smallest absolute Gasteiger partial charge is 0.410 e. The van der Waals surface area contributed by atoms with Crippen LogP contribution in [0.1, 0.15) is 28.8 Å². The molecule has 0 radical (unpaired) electrons. The van der Waals surface area contributed by atoms with Crippen LogP contribution in [0.5, 0.6) is 0 Å². The lowest BCUT2D eigenvalue weighted by atomic mass is 10.0. The molecule has 2 aliphatic rings. The molecule has 2 fully saturated rings. The van der Waals surface area contributed by atoms with Crippen molar-refractivity contribution in [2.75, 3.05) is 13.1 Å². The fourth-order valence-corrected chi connectivity index (χ4v) is 4.47. The van der Waals surface area contributed by atoms with Crippen molar-refractivity contribution in [1.82, 2.24) is 4.90 Å². The number of halogens is 1. The van der Waals surface area contributed by atoms with Crippen LogP contribution >= 0.6 is 22.6 Å². The van der Waals surface area contributed by atoms with Gasteiger partial charge in [0.05, 0.1) is 5.56 Å². The number of amides is 1. The molecule has 1 heterocycles. The van der Waals surface area contributed by atoms with E-state index in [0.29, 0.717) is 37.1 Å². The minimum absolute atomic E-state index is 0.0655. The van der Waals surface area contributed by atoms with Gasteiger partial charge in [0.15, 0.2) is 0 Å². The Balaban J connectivity index is 1.24. The Hall–Kier alpha value is -2.09. The van der Waals surface area contributed by atoms with Gasteiger partial charge in [0, 0.05) is 16.7 Å². The molecule has 4 rings (SSSR count). The van der Waals surface area contributed by atoms with Gasteiger partial charge in [0.2, 0.25) is 0 Å². The summed E-state index contributed by atoms with van der Waals surface area (Å²) in [4.78, 5) is 26.4. The molecule has 1 unspecified atom stereocenters. The molecule has 3 atom stereocenters. The van der Waals surface area contributed by atoms with E-state index in [0.717, 1.165) is 22.0 Å². The molecule has 1 saturated heterocycles. The number of likely N-dealkylation sites (tertiary alicyclic amines) is 1. The summed E-state index contributed by atoms with van der Waals surface area (Å²) in [5, 5.41) is 0. The topological polar surface area (TPSA) is 55.8 Å². The van der Waals surface area contributed by atoms with E-state index in [9.17, 15) is 9.59 Å². The summed E-state index contributed by atoms with van der Waals surface area (Å²) >= 11 is 2.21. The van der Waals surface area contributed by atoms with Gasteiger partial charge in [-0.1, -0.05) is 30.3 Å². The molecule has 0 spiro atoms. The van der Waals surface area contributed by atoms with Crippen LogP contribution in [0.2, 0.25) is 0 Å². The predicted molar refractivity (Wildman–Crippen MR) is 113 cm³/mol. The summed E-state index contributed by atoms with van der Waals surface area (Å²) in [7, 11) is 0. The van der Waals surface area contributed by atoms with E-state index in [2.05, 4.69) is 22.6 Å². The van der Waals surface area contributed by atoms with Crippen LogP contribution in [0.3, 0.4) is 0 Å². The fourth-order valence-electron chi connectivity index (χ4n) is 4.11. The Morgan fingerprint density at radius 1 is 0.964 bits per heavy atom. The van der Waals surface area contributed by atoms with Crippen molar-refractivity contribution in [2.45, 2.75) is 25.6 Å². The normalized spacial score (nSPS) is 23.3. The molecule has 2 aromatic carbocycles. The average Bonchev–Trinajstić information content (AvgIpc) is 3.26. The van der Waals surface area contributed by atoms with Crippen LogP contribution in [0.4, 0.5) is 4.79 Å². The molecule has 0 bridgehead atoms. The summed E-state index contributed by atoms with van der Waals surface area (Å²) in [6.45, 7) is 1.65. The molecule has 0 aromatic heterocycles. The zero-order valence-corrected chi connectivity index (χ0v) is 17.6. The highest BCUT2D eigenvalue weighted by Gasteiger charge is 2.44. The Morgan fingerprint density at radius 2 is 1.61 bits per heavy atom. The van der Waals surface area contributed by atoms with Crippen molar-refractivity contribution in [3.8, 4) is 0 Å². The Morgan fingerprint density at radius 3 is 2.25 bits per heavy atom. The van der Waals surface area contributed by atoms with Crippen LogP contribution < -0.4 is 0 Å². The number of rotatable bonds is 4. The van der Waals surface area contributed by atoms with E-state index in [1.165, 1.54) is 0 Å². The van der Waals surface area contributed by atoms with Gasteiger partial charge in [-0.2, -0.15) is 0 Å². The van der Waals surface area contributed by atoms with Gasteiger partial charge in [0.1, 0.15) is 12.7 Å². The minimum Gasteiger partial charge on any atom is -0.459 e. The first kappa shape index (κ1) is 19.2. The number of ether oxygens (including phenoxy) is 2. The fraction of sp³-hybridized carbons (Fsp3) is 0.364. The van der Waals surface area contributed by atoms with Gasteiger partial charge in [-0.05, 0) is 77.1 Å². The van der Waals surface area contributed by atoms with Crippen molar-refractivity contribution < 1.29 is 19.1 Å². The summed E-state index contributed by atoms with van der Waals surface area (Å²) in [6.07, 6.45) is 1.29. The third kappa shape index (κ3) is 4.48. The zero-order valence-electron chi connectivity index (χ0n) is 15.4. The first-order chi connectivity index (χ1) is 13.6. The zero-order chi connectivity index (χ0) is 19.5. The van der Waals surface area contributed by atoms with Gasteiger partial charge in [-0.15, -0.1) is 0 Å². The summed E-state index contributed by atoms with van der Waals surface area (Å²) in [5.41, 5.74) is 1.57. The van der Waals surface area contributed by atoms with Crippen LogP contribution in [0, 0.1) is 15.4 Å². The van der Waals surface area contributed by atoms with Crippen LogP contribution in [0.15, 0.2) is 54.6 Å². The largest absolute Gasteiger partial charge is 0.459 e. The maximum absolute atomic E-state index is 12.3. The number of hydrogen-bond acceptors (Lipinski definition) is 4. The molecule has 1 amide bonds. The van der Waals surface area contributed by atoms with E-state index in [4.69, 9.17) is 9.47 Å². The average molecular weight is 491 g/mol. The molecular weight excluding hydrogens is 469 g/mol. The van der Waals surface area contributed by atoms with Crippen molar-refractivity contribution in [3.63, 3.8) is 0 Å². The minimum atomic E-state index is -0.263. The van der Waals surface area contributed by atoms with Crippen LogP contribution in [0.25, 0.3) is 0 Å². The van der Waals surface area contributed by atoms with E-state index in [1.54, 1.807) is 17.0 Å². The second kappa shape index (κ2) is 8.51. The van der Waals surface area contributed by atoms with Gasteiger partial charge < -0.3 is 14.4 Å². The van der Waals surface area contributed by atoms with E-state index < -0.39 is 0 Å². The third-order valence-electron chi connectivity index (χ3n) is 5.52. The molecule has 5 nitrogen and oxygen atoms in total. The van der Waals surface area contributed by atoms with E-state index >= 15 is 0 Å². The first-order valence-corrected chi connectivity index (χ1v) is 10.6. The van der Waals surface area contributed by atoms with Crippen LogP contribution in [-0.2, 0) is 16.1 Å². The SMILES string of the molecule is O=C(OC1C[C@@H]2CN(C(=O)OCc3ccccc3)C[C@@H]2C1)c1ccc(I)cc1. The van der Waals surface area contributed by atoms with Crippen molar-refractivity contribution in [3.05, 3.63) is 69.3 Å². The lowest BCUT2D eigenvalue weighted by Gasteiger charge is -2.19. The molecule has 1 aliphatic carbocycles. The lowest BCUT2D eigenvalue weighted by Crippen LogP contribution is -2.31. The third-order valence-corrected chi connectivity index (χ3v) is 6.24. The number of hydrogen-bond donors (Lipinski definition) is 0. The van der Waals surface area contributed by atoms with Crippen molar-refractivity contribution in [2.24, 2.45) is 11.8 Å². The number of esters is 1. The maximum Gasteiger partial charge on any atom is 0.410 e. The monoisotopic (exact) mass is 491 g/mol. The highest BCUT2D eigenvalue weighted by atomic mass is 127. The molecular formula is C22H22INO4. The second-order valence-electron chi connectivity index (χ2n) is 7.47. The van der Waals surface area contributed by atoms with E-state index in [1.807, 2.05) is 42.5 Å². The van der Waals surface area contributed by atoms with Gasteiger partial charge >= 0.3 is 12.1 Å². The molecule has 146 valence electrons. The number of carbonyl (C=O) groups is 2. The highest BCUT2D eigenvalue weighted by molar-refractivity contribution is 14.1. The molecule has 2 aromatic rings. The Kier molecular flexibility index (Phi) is 5.85.